The molecule has 1 aromatic heterocycles. The van der Waals surface area contributed by atoms with Crippen molar-refractivity contribution in [1.82, 2.24) is 14.8 Å². The Hall–Kier alpha value is -2.82. The van der Waals surface area contributed by atoms with Crippen LogP contribution in [-0.2, 0) is 14.3 Å². The van der Waals surface area contributed by atoms with Gasteiger partial charge in [-0.15, -0.1) is 11.3 Å². The molecule has 0 bridgehead atoms. The second-order valence-corrected chi connectivity index (χ2v) is 13.5. The third kappa shape index (κ3) is 4.97. The maximum absolute atomic E-state index is 14.6. The number of amides is 2. The van der Waals surface area contributed by atoms with Crippen molar-refractivity contribution in [2.45, 2.75) is 56.6 Å². The van der Waals surface area contributed by atoms with Crippen molar-refractivity contribution < 1.29 is 19.1 Å². The number of primary amides is 1. The average Bonchev–Trinajstić information content (AvgIpc) is 3.36. The molecule has 7 rings (SSSR count). The van der Waals surface area contributed by atoms with E-state index in [0.29, 0.717) is 23.6 Å². The summed E-state index contributed by atoms with van der Waals surface area (Å²) in [6, 6.07) is 5.12. The summed E-state index contributed by atoms with van der Waals surface area (Å²) >= 11 is 1.63. The number of nitrogens with zero attached hydrogens (tertiary/aromatic N) is 4. The Labute approximate surface area is 245 Å². The summed E-state index contributed by atoms with van der Waals surface area (Å²) in [5.74, 6) is -0.270. The summed E-state index contributed by atoms with van der Waals surface area (Å²) in [6.07, 6.45) is 6.02. The first-order chi connectivity index (χ1) is 19.9. The number of piperazine rings is 1. The number of hydrogen-bond acceptors (Lipinski definition) is 8. The number of benzene rings is 1. The van der Waals surface area contributed by atoms with Crippen molar-refractivity contribution in [3.05, 3.63) is 34.7 Å². The predicted octanol–water partition coefficient (Wildman–Crippen LogP) is 3.14. The van der Waals surface area contributed by atoms with Gasteiger partial charge in [-0.05, 0) is 62.3 Å². The van der Waals surface area contributed by atoms with Gasteiger partial charge in [0.15, 0.2) is 10.9 Å². The monoisotopic (exact) mass is 577 g/mol. The van der Waals surface area contributed by atoms with Gasteiger partial charge in [-0.1, -0.05) is 18.9 Å². The van der Waals surface area contributed by atoms with E-state index in [1.807, 2.05) is 17.0 Å². The fourth-order valence-electron chi connectivity index (χ4n) is 7.66. The standard InChI is InChI=1S/C31H39N5O4S/c1-34-10-12-35(13-11-34)31-33-24(17-41-31)20-8-9-21(29(32)38)22(14-20)26(19-4-2-3-5-19)30(39)36-15-23(18-6-7-18)28-27(36)25(37)16-40-28/h8-9,14,17-19,23,26-28H,2-7,10-13,15-16H2,1H3,(H2,32,38)/t23-,26+,27-,28-/m1/s1. The molecule has 2 N–H and O–H groups in total. The molecule has 10 heteroatoms. The van der Waals surface area contributed by atoms with Crippen molar-refractivity contribution >= 4 is 34.1 Å². The zero-order valence-electron chi connectivity index (χ0n) is 23.7. The lowest BCUT2D eigenvalue weighted by molar-refractivity contribution is -0.138. The highest BCUT2D eigenvalue weighted by atomic mass is 32.1. The van der Waals surface area contributed by atoms with Gasteiger partial charge in [-0.2, -0.15) is 0 Å². The molecule has 5 aliphatic rings. The zero-order chi connectivity index (χ0) is 28.2. The predicted molar refractivity (Wildman–Crippen MR) is 157 cm³/mol. The van der Waals surface area contributed by atoms with E-state index in [0.717, 1.165) is 81.1 Å². The lowest BCUT2D eigenvalue weighted by atomic mass is 9.80. The minimum absolute atomic E-state index is 0.000503. The summed E-state index contributed by atoms with van der Waals surface area (Å²) in [5.41, 5.74) is 8.71. The van der Waals surface area contributed by atoms with Crippen LogP contribution in [0, 0.1) is 17.8 Å². The molecule has 0 spiro atoms. The van der Waals surface area contributed by atoms with Gasteiger partial charge in [-0.3, -0.25) is 14.4 Å². The van der Waals surface area contributed by atoms with E-state index < -0.39 is 17.9 Å². The van der Waals surface area contributed by atoms with Crippen molar-refractivity contribution in [2.75, 3.05) is 51.3 Å². The molecule has 1 aromatic carbocycles. The van der Waals surface area contributed by atoms with Crippen LogP contribution in [-0.4, -0.2) is 90.9 Å². The van der Waals surface area contributed by atoms with Crippen LogP contribution in [0.2, 0.25) is 0 Å². The molecule has 9 nitrogen and oxygen atoms in total. The molecule has 2 aromatic rings. The third-order valence-electron chi connectivity index (χ3n) is 10.1. The molecule has 0 unspecified atom stereocenters. The highest BCUT2D eigenvalue weighted by Gasteiger charge is 2.57. The van der Waals surface area contributed by atoms with Gasteiger partial charge < -0.3 is 25.2 Å². The van der Waals surface area contributed by atoms with Crippen LogP contribution in [0.1, 0.15) is 60.4 Å². The number of Topliss-reactive ketones (excluding diaryl/α,β-unsaturated/α-hetero) is 1. The number of thiazole rings is 1. The molecule has 2 saturated carbocycles. The maximum Gasteiger partial charge on any atom is 0.249 e. The number of likely N-dealkylation sites (N-methyl/N-ethyl adjacent to an activating group) is 1. The molecule has 3 aliphatic heterocycles. The summed E-state index contributed by atoms with van der Waals surface area (Å²) < 4.78 is 5.96. The van der Waals surface area contributed by atoms with Crippen LogP contribution in [0.5, 0.6) is 0 Å². The first kappa shape index (κ1) is 27.0. The van der Waals surface area contributed by atoms with E-state index in [1.165, 1.54) is 0 Å². The van der Waals surface area contributed by atoms with Crippen LogP contribution >= 0.6 is 11.3 Å². The zero-order valence-corrected chi connectivity index (χ0v) is 24.5. The normalized spacial score (nSPS) is 27.9. The number of ether oxygens (including phenoxy) is 1. The minimum Gasteiger partial charge on any atom is -0.367 e. The number of anilines is 1. The Kier molecular flexibility index (Phi) is 7.11. The second-order valence-electron chi connectivity index (χ2n) is 12.7. The number of likely N-dealkylation sites (tertiary alicyclic amines) is 1. The Morgan fingerprint density at radius 3 is 2.56 bits per heavy atom. The van der Waals surface area contributed by atoms with Gasteiger partial charge >= 0.3 is 0 Å². The van der Waals surface area contributed by atoms with Crippen LogP contribution in [0.4, 0.5) is 5.13 Å². The summed E-state index contributed by atoms with van der Waals surface area (Å²) in [4.78, 5) is 51.8. The van der Waals surface area contributed by atoms with Crippen LogP contribution < -0.4 is 10.6 Å². The van der Waals surface area contributed by atoms with E-state index >= 15 is 0 Å². The van der Waals surface area contributed by atoms with Crippen LogP contribution in [0.25, 0.3) is 11.3 Å². The third-order valence-corrected chi connectivity index (χ3v) is 11.0. The minimum atomic E-state index is -0.533. The fourth-order valence-corrected chi connectivity index (χ4v) is 8.55. The molecule has 4 atom stereocenters. The van der Waals surface area contributed by atoms with Gasteiger partial charge in [0.25, 0.3) is 0 Å². The lowest BCUT2D eigenvalue weighted by Gasteiger charge is -2.32. The molecule has 5 fully saturated rings. The van der Waals surface area contributed by atoms with E-state index in [4.69, 9.17) is 15.5 Å². The lowest BCUT2D eigenvalue weighted by Crippen LogP contribution is -2.45. The fraction of sp³-hybridized carbons (Fsp3) is 0.613. The van der Waals surface area contributed by atoms with E-state index in [2.05, 4.69) is 22.2 Å². The van der Waals surface area contributed by atoms with Gasteiger partial charge in [0.2, 0.25) is 11.8 Å². The summed E-state index contributed by atoms with van der Waals surface area (Å²) in [6.45, 7) is 4.53. The first-order valence-corrected chi connectivity index (χ1v) is 16.0. The quantitative estimate of drug-likeness (QED) is 0.539. The van der Waals surface area contributed by atoms with Crippen molar-refractivity contribution in [2.24, 2.45) is 23.5 Å². The smallest absolute Gasteiger partial charge is 0.249 e. The number of hydrogen-bond donors (Lipinski definition) is 1. The molecule has 4 heterocycles. The van der Waals surface area contributed by atoms with Crippen molar-refractivity contribution in [3.63, 3.8) is 0 Å². The van der Waals surface area contributed by atoms with Gasteiger partial charge in [-0.25, -0.2) is 4.98 Å². The molecule has 41 heavy (non-hydrogen) atoms. The molecule has 218 valence electrons. The average molecular weight is 578 g/mol. The largest absolute Gasteiger partial charge is 0.367 e. The van der Waals surface area contributed by atoms with E-state index in [-0.39, 0.29) is 36.2 Å². The number of carbonyl (C=O) groups is 3. The van der Waals surface area contributed by atoms with E-state index in [1.54, 1.807) is 17.4 Å². The number of aromatic nitrogens is 1. The maximum atomic E-state index is 14.6. The molecular weight excluding hydrogens is 538 g/mol. The number of nitrogens with two attached hydrogens (primary N) is 1. The number of fused-ring (bicyclic) bond motifs is 1. The second kappa shape index (κ2) is 10.8. The van der Waals surface area contributed by atoms with Crippen molar-refractivity contribution in [1.29, 1.82) is 0 Å². The SMILES string of the molecule is CN1CCN(c2nc(-c3ccc(C(N)=O)c([C@@H](C(=O)N4C[C@H](C5CC5)[C@H]5OCC(=O)[C@H]54)C4CCCC4)c3)cs2)CC1. The number of ketones is 1. The summed E-state index contributed by atoms with van der Waals surface area (Å²) in [5, 5.41) is 3.05. The first-order valence-electron chi connectivity index (χ1n) is 15.2. The topological polar surface area (TPSA) is 109 Å². The van der Waals surface area contributed by atoms with Crippen LogP contribution in [0.15, 0.2) is 23.6 Å². The molecule has 3 saturated heterocycles. The Balaban J connectivity index is 1.24. The summed E-state index contributed by atoms with van der Waals surface area (Å²) in [7, 11) is 2.14. The molecule has 2 amide bonds. The number of carbonyl (C=O) groups excluding carboxylic acids is 3. The van der Waals surface area contributed by atoms with Crippen molar-refractivity contribution in [3.8, 4) is 11.3 Å². The van der Waals surface area contributed by atoms with Gasteiger partial charge in [0.1, 0.15) is 12.6 Å². The van der Waals surface area contributed by atoms with Gasteiger partial charge in [0, 0.05) is 55.1 Å². The molecular formula is C31H39N5O4S. The molecule has 2 aliphatic carbocycles. The Morgan fingerprint density at radius 2 is 1.85 bits per heavy atom. The van der Waals surface area contributed by atoms with Crippen LogP contribution in [0.3, 0.4) is 0 Å². The van der Waals surface area contributed by atoms with Gasteiger partial charge in [0.05, 0.1) is 17.7 Å². The number of rotatable bonds is 7. The highest BCUT2D eigenvalue weighted by molar-refractivity contribution is 7.14. The Morgan fingerprint density at radius 1 is 1.10 bits per heavy atom. The Bertz CT molecular complexity index is 1340. The highest BCUT2D eigenvalue weighted by Crippen LogP contribution is 2.48. The van der Waals surface area contributed by atoms with E-state index in [9.17, 15) is 14.4 Å². The molecule has 0 radical (unpaired) electrons.